The number of esters is 1. The first-order valence-corrected chi connectivity index (χ1v) is 6.12. The van der Waals surface area contributed by atoms with Crippen LogP contribution in [0.25, 0.3) is 22.4 Å². The monoisotopic (exact) mass is 288 g/mol. The predicted molar refractivity (Wildman–Crippen MR) is 73.5 cm³/mol. The van der Waals surface area contributed by atoms with Crippen LogP contribution < -0.4 is 0 Å². The number of aromatic amines is 1. The number of nitrogens with one attached hydrogen (secondary N) is 1. The summed E-state index contributed by atoms with van der Waals surface area (Å²) in [6.45, 7) is 0. The molecule has 0 fully saturated rings. The van der Waals surface area contributed by atoms with E-state index in [1.165, 1.54) is 7.11 Å². The fourth-order valence-corrected chi connectivity index (χ4v) is 2.03. The number of benzene rings is 1. The summed E-state index contributed by atoms with van der Waals surface area (Å²) in [5.41, 5.74) is 2.38. The minimum absolute atomic E-state index is 0.281. The van der Waals surface area contributed by atoms with Crippen molar-refractivity contribution in [1.29, 1.82) is 0 Å². The predicted octanol–water partition coefficient (Wildman–Crippen LogP) is 2.46. The molecule has 0 radical (unpaired) electrons. The topological polar surface area (TPSA) is 80.8 Å². The van der Waals surface area contributed by atoms with E-state index in [1.807, 2.05) is 0 Å². The molecule has 2 heterocycles. The zero-order valence-electron chi connectivity index (χ0n) is 10.4. The van der Waals surface area contributed by atoms with Crippen molar-refractivity contribution in [1.82, 2.24) is 20.2 Å². The number of halogens is 1. The quantitative estimate of drug-likeness (QED) is 0.579. The van der Waals surface area contributed by atoms with Crippen molar-refractivity contribution >= 4 is 28.6 Å². The Kier molecular flexibility index (Phi) is 3.08. The SMILES string of the molecule is COC(=O)c1ccc(-c2nc(Cl)c3n[nH]cc3n2)cc1. The third-order valence-corrected chi connectivity index (χ3v) is 3.07. The molecule has 0 spiro atoms. The van der Waals surface area contributed by atoms with Gasteiger partial charge in [-0.2, -0.15) is 5.10 Å². The van der Waals surface area contributed by atoms with E-state index in [0.29, 0.717) is 22.4 Å². The summed E-state index contributed by atoms with van der Waals surface area (Å²) in [7, 11) is 1.34. The molecule has 0 bridgehead atoms. The molecule has 0 atom stereocenters. The van der Waals surface area contributed by atoms with E-state index >= 15 is 0 Å². The Balaban J connectivity index is 2.04. The van der Waals surface area contributed by atoms with E-state index < -0.39 is 0 Å². The maximum absolute atomic E-state index is 11.4. The molecule has 0 saturated carbocycles. The molecule has 100 valence electrons. The first-order chi connectivity index (χ1) is 9.69. The highest BCUT2D eigenvalue weighted by Gasteiger charge is 2.11. The molecule has 0 amide bonds. The molecule has 0 aliphatic carbocycles. The Labute approximate surface area is 118 Å². The average molecular weight is 289 g/mol. The van der Waals surface area contributed by atoms with Crippen LogP contribution in [0, 0.1) is 0 Å². The van der Waals surface area contributed by atoms with Gasteiger partial charge < -0.3 is 4.74 Å². The molecule has 3 aromatic rings. The van der Waals surface area contributed by atoms with Crippen LogP contribution in [0.4, 0.5) is 0 Å². The van der Waals surface area contributed by atoms with Crippen molar-refractivity contribution in [3.63, 3.8) is 0 Å². The maximum Gasteiger partial charge on any atom is 0.337 e. The molecule has 1 N–H and O–H groups in total. The van der Waals surface area contributed by atoms with Gasteiger partial charge in [0, 0.05) is 11.8 Å². The Morgan fingerprint density at radius 3 is 2.70 bits per heavy atom. The van der Waals surface area contributed by atoms with Gasteiger partial charge in [0.2, 0.25) is 0 Å². The number of methoxy groups -OCH3 is 1. The average Bonchev–Trinajstić information content (AvgIpc) is 2.95. The lowest BCUT2D eigenvalue weighted by atomic mass is 10.1. The van der Waals surface area contributed by atoms with Gasteiger partial charge in [-0.25, -0.2) is 14.8 Å². The Hall–Kier alpha value is -2.47. The Bertz CT molecular complexity index is 783. The molecule has 0 saturated heterocycles. The summed E-state index contributed by atoms with van der Waals surface area (Å²) in [6, 6.07) is 6.78. The molecule has 0 unspecified atom stereocenters. The number of fused-ring (bicyclic) bond motifs is 1. The summed E-state index contributed by atoms with van der Waals surface area (Å²) in [6.07, 6.45) is 1.65. The number of H-pyrrole nitrogens is 1. The van der Waals surface area contributed by atoms with Gasteiger partial charge in [-0.3, -0.25) is 5.10 Å². The summed E-state index contributed by atoms with van der Waals surface area (Å²) < 4.78 is 4.64. The van der Waals surface area contributed by atoms with Crippen LogP contribution >= 0.6 is 11.6 Å². The van der Waals surface area contributed by atoms with Crippen molar-refractivity contribution < 1.29 is 9.53 Å². The number of rotatable bonds is 2. The second kappa shape index (κ2) is 4.90. The highest BCUT2D eigenvalue weighted by molar-refractivity contribution is 6.33. The lowest BCUT2D eigenvalue weighted by Crippen LogP contribution is -2.00. The lowest BCUT2D eigenvalue weighted by Gasteiger charge is -2.03. The number of carbonyl (C=O) groups excluding carboxylic acids is 1. The first kappa shape index (κ1) is 12.6. The second-order valence-corrected chi connectivity index (χ2v) is 4.38. The van der Waals surface area contributed by atoms with Crippen LogP contribution in [0.1, 0.15) is 10.4 Å². The van der Waals surface area contributed by atoms with E-state index in [9.17, 15) is 4.79 Å². The highest BCUT2D eigenvalue weighted by Crippen LogP contribution is 2.23. The number of nitrogens with zero attached hydrogens (tertiary/aromatic N) is 3. The molecule has 6 nitrogen and oxygen atoms in total. The zero-order chi connectivity index (χ0) is 14.1. The van der Waals surface area contributed by atoms with Gasteiger partial charge in [0.15, 0.2) is 11.0 Å². The summed E-state index contributed by atoms with van der Waals surface area (Å²) in [5, 5.41) is 6.93. The maximum atomic E-state index is 11.4. The molecule has 1 aromatic carbocycles. The van der Waals surface area contributed by atoms with Crippen LogP contribution in [0.15, 0.2) is 30.5 Å². The van der Waals surface area contributed by atoms with Crippen molar-refractivity contribution in [3.05, 3.63) is 41.2 Å². The number of hydrogen-bond acceptors (Lipinski definition) is 5. The third-order valence-electron chi connectivity index (χ3n) is 2.81. The molecule has 2 aromatic heterocycles. The lowest BCUT2D eigenvalue weighted by molar-refractivity contribution is 0.0601. The molecule has 0 aliphatic rings. The van der Waals surface area contributed by atoms with Gasteiger partial charge in [-0.1, -0.05) is 23.7 Å². The molecular weight excluding hydrogens is 280 g/mol. The first-order valence-electron chi connectivity index (χ1n) is 5.75. The number of ether oxygens (including phenoxy) is 1. The van der Waals surface area contributed by atoms with Crippen LogP contribution in [0.3, 0.4) is 0 Å². The van der Waals surface area contributed by atoms with Gasteiger partial charge in [0.25, 0.3) is 0 Å². The van der Waals surface area contributed by atoms with Gasteiger partial charge >= 0.3 is 5.97 Å². The summed E-state index contributed by atoms with van der Waals surface area (Å²) >= 11 is 6.05. The van der Waals surface area contributed by atoms with E-state index in [0.717, 1.165) is 5.56 Å². The summed E-state index contributed by atoms with van der Waals surface area (Å²) in [5.74, 6) is 0.0844. The smallest absolute Gasteiger partial charge is 0.337 e. The van der Waals surface area contributed by atoms with E-state index in [-0.39, 0.29) is 11.1 Å². The molecule has 3 rings (SSSR count). The van der Waals surface area contributed by atoms with Crippen LogP contribution in [0.2, 0.25) is 5.15 Å². The number of hydrogen-bond donors (Lipinski definition) is 1. The van der Waals surface area contributed by atoms with Crippen molar-refractivity contribution in [3.8, 4) is 11.4 Å². The Morgan fingerprint density at radius 1 is 1.25 bits per heavy atom. The van der Waals surface area contributed by atoms with Crippen molar-refractivity contribution in [2.75, 3.05) is 7.11 Å². The summed E-state index contributed by atoms with van der Waals surface area (Å²) in [4.78, 5) is 19.9. The van der Waals surface area contributed by atoms with E-state index in [1.54, 1.807) is 30.5 Å². The minimum atomic E-state index is -0.388. The van der Waals surface area contributed by atoms with E-state index in [2.05, 4.69) is 24.9 Å². The van der Waals surface area contributed by atoms with Crippen molar-refractivity contribution in [2.45, 2.75) is 0 Å². The molecule has 0 aliphatic heterocycles. The van der Waals surface area contributed by atoms with Crippen LogP contribution in [-0.4, -0.2) is 33.2 Å². The number of aromatic nitrogens is 4. The van der Waals surface area contributed by atoms with Crippen LogP contribution in [-0.2, 0) is 4.74 Å². The Morgan fingerprint density at radius 2 is 2.00 bits per heavy atom. The van der Waals surface area contributed by atoms with Gasteiger partial charge in [0.1, 0.15) is 11.0 Å². The number of carbonyl (C=O) groups is 1. The van der Waals surface area contributed by atoms with E-state index in [4.69, 9.17) is 11.6 Å². The molecular formula is C13H9ClN4O2. The van der Waals surface area contributed by atoms with Crippen molar-refractivity contribution in [2.24, 2.45) is 0 Å². The highest BCUT2D eigenvalue weighted by atomic mass is 35.5. The molecule has 20 heavy (non-hydrogen) atoms. The van der Waals surface area contributed by atoms with Crippen LogP contribution in [0.5, 0.6) is 0 Å². The molecule has 7 heteroatoms. The van der Waals surface area contributed by atoms with Gasteiger partial charge in [-0.15, -0.1) is 0 Å². The third kappa shape index (κ3) is 2.10. The second-order valence-electron chi connectivity index (χ2n) is 4.03. The zero-order valence-corrected chi connectivity index (χ0v) is 11.2. The minimum Gasteiger partial charge on any atom is -0.465 e. The standard InChI is InChI=1S/C13H9ClN4O2/c1-20-13(19)8-4-2-7(3-5-8)12-16-9-6-15-18-10(9)11(14)17-12/h2-6H,1H3,(H,15,18). The van der Waals surface area contributed by atoms with Gasteiger partial charge in [0.05, 0.1) is 12.7 Å². The largest absolute Gasteiger partial charge is 0.465 e. The fraction of sp³-hybridized carbons (Fsp3) is 0.0769. The van der Waals surface area contributed by atoms with Gasteiger partial charge in [-0.05, 0) is 12.1 Å². The normalized spacial score (nSPS) is 10.7. The fourth-order valence-electron chi connectivity index (χ4n) is 1.81.